The van der Waals surface area contributed by atoms with Crippen molar-refractivity contribution in [3.63, 3.8) is 0 Å². The Kier molecular flexibility index (Phi) is 9.49. The van der Waals surface area contributed by atoms with Crippen molar-refractivity contribution in [1.82, 2.24) is 10.6 Å². The Morgan fingerprint density at radius 2 is 1.47 bits per heavy atom. The Bertz CT molecular complexity index is 844. The van der Waals surface area contributed by atoms with Gasteiger partial charge in [-0.1, -0.05) is 48.5 Å². The summed E-state index contributed by atoms with van der Waals surface area (Å²) in [6, 6.07) is 16.4. The molecule has 0 aromatic heterocycles. The Labute approximate surface area is 188 Å². The third-order valence-corrected chi connectivity index (χ3v) is 5.16. The predicted octanol–water partition coefficient (Wildman–Crippen LogP) is 2.02. The van der Waals surface area contributed by atoms with E-state index in [1.807, 2.05) is 24.3 Å². The number of carbonyl (C=O) groups is 2. The van der Waals surface area contributed by atoms with Crippen LogP contribution in [0.15, 0.2) is 48.5 Å². The third-order valence-electron chi connectivity index (χ3n) is 5.16. The van der Waals surface area contributed by atoms with Crippen molar-refractivity contribution in [2.24, 2.45) is 5.73 Å². The first-order valence-corrected chi connectivity index (χ1v) is 10.9. The second-order valence-corrected chi connectivity index (χ2v) is 7.41. The van der Waals surface area contributed by atoms with E-state index < -0.39 is 6.09 Å². The van der Waals surface area contributed by atoms with E-state index in [4.69, 9.17) is 19.9 Å². The highest BCUT2D eigenvalue weighted by Crippen LogP contribution is 2.44. The number of nitrogens with two attached hydrogens (primary N) is 1. The number of amides is 2. The van der Waals surface area contributed by atoms with Crippen LogP contribution >= 0.6 is 0 Å². The highest BCUT2D eigenvalue weighted by atomic mass is 16.5. The fourth-order valence-corrected chi connectivity index (χ4v) is 3.68. The molecule has 2 aromatic rings. The van der Waals surface area contributed by atoms with Gasteiger partial charge in [-0.3, -0.25) is 4.79 Å². The number of carbonyl (C=O) groups excluding carboxylic acids is 2. The Morgan fingerprint density at radius 3 is 2.16 bits per heavy atom. The van der Waals surface area contributed by atoms with Crippen LogP contribution in [0, 0.1) is 0 Å². The number of alkyl carbamates (subject to hydrolysis) is 1. The second-order valence-electron chi connectivity index (χ2n) is 7.41. The number of fused-ring (bicyclic) bond motifs is 3. The molecule has 1 aliphatic carbocycles. The molecule has 0 radical (unpaired) electrons. The van der Waals surface area contributed by atoms with Crippen molar-refractivity contribution in [3.05, 3.63) is 59.7 Å². The maximum atomic E-state index is 12.1. The number of hydrogen-bond donors (Lipinski definition) is 3. The topological polar surface area (TPSA) is 112 Å². The summed E-state index contributed by atoms with van der Waals surface area (Å²) in [7, 11) is 0. The van der Waals surface area contributed by atoms with Crippen molar-refractivity contribution in [2.45, 2.75) is 12.3 Å². The van der Waals surface area contributed by atoms with E-state index in [-0.39, 0.29) is 25.0 Å². The lowest BCUT2D eigenvalue weighted by atomic mass is 9.98. The summed E-state index contributed by atoms with van der Waals surface area (Å²) in [6.07, 6.45) is 0.134. The van der Waals surface area contributed by atoms with Gasteiger partial charge in [-0.25, -0.2) is 4.79 Å². The van der Waals surface area contributed by atoms with Crippen LogP contribution in [0.3, 0.4) is 0 Å². The Morgan fingerprint density at radius 1 is 0.844 bits per heavy atom. The van der Waals surface area contributed by atoms with E-state index >= 15 is 0 Å². The molecule has 0 fully saturated rings. The highest BCUT2D eigenvalue weighted by molar-refractivity contribution is 5.79. The molecule has 172 valence electrons. The van der Waals surface area contributed by atoms with Gasteiger partial charge in [-0.05, 0) is 28.7 Å². The molecule has 1 aliphatic rings. The molecule has 32 heavy (non-hydrogen) atoms. The molecule has 4 N–H and O–H groups in total. The molecule has 0 saturated heterocycles. The Balaban J connectivity index is 1.29. The van der Waals surface area contributed by atoms with E-state index in [9.17, 15) is 9.59 Å². The molecule has 0 saturated carbocycles. The van der Waals surface area contributed by atoms with Gasteiger partial charge in [0.15, 0.2) is 0 Å². The van der Waals surface area contributed by atoms with Gasteiger partial charge >= 0.3 is 6.09 Å². The summed E-state index contributed by atoms with van der Waals surface area (Å²) in [5.41, 5.74) is 10.1. The van der Waals surface area contributed by atoms with Crippen LogP contribution < -0.4 is 16.4 Å². The van der Waals surface area contributed by atoms with Gasteiger partial charge in [0.05, 0.1) is 19.8 Å². The molecule has 0 heterocycles. The maximum absolute atomic E-state index is 12.1. The molecule has 0 spiro atoms. The van der Waals surface area contributed by atoms with E-state index in [0.29, 0.717) is 45.9 Å². The number of ether oxygens (including phenoxy) is 3. The third kappa shape index (κ3) is 6.78. The quantitative estimate of drug-likeness (QED) is 0.410. The lowest BCUT2D eigenvalue weighted by Gasteiger charge is -2.14. The van der Waals surface area contributed by atoms with E-state index in [1.165, 1.54) is 22.3 Å². The Hall–Kier alpha value is -2.94. The highest BCUT2D eigenvalue weighted by Gasteiger charge is 2.28. The molecule has 0 aliphatic heterocycles. The summed E-state index contributed by atoms with van der Waals surface area (Å²) in [6.45, 7) is 2.80. The van der Waals surface area contributed by atoms with Crippen LogP contribution in [-0.4, -0.2) is 64.7 Å². The van der Waals surface area contributed by atoms with Crippen LogP contribution in [0.5, 0.6) is 0 Å². The zero-order valence-corrected chi connectivity index (χ0v) is 18.2. The monoisotopic (exact) mass is 441 g/mol. The fraction of sp³-hybridized carbons (Fsp3) is 0.417. The van der Waals surface area contributed by atoms with Gasteiger partial charge in [0.2, 0.25) is 5.91 Å². The fourth-order valence-electron chi connectivity index (χ4n) is 3.68. The minimum atomic E-state index is -0.459. The van der Waals surface area contributed by atoms with Crippen molar-refractivity contribution in [3.8, 4) is 11.1 Å². The average Bonchev–Trinajstić information content (AvgIpc) is 3.13. The predicted molar refractivity (Wildman–Crippen MR) is 121 cm³/mol. The average molecular weight is 442 g/mol. The number of hydrogen-bond acceptors (Lipinski definition) is 6. The molecule has 8 nitrogen and oxygen atoms in total. The SMILES string of the molecule is NCCOCCOCC(=O)NCCCNC(=O)OCC1c2ccccc2-c2ccccc21. The maximum Gasteiger partial charge on any atom is 0.407 e. The van der Waals surface area contributed by atoms with Gasteiger partial charge in [-0.15, -0.1) is 0 Å². The lowest BCUT2D eigenvalue weighted by molar-refractivity contribution is -0.126. The van der Waals surface area contributed by atoms with Crippen LogP contribution in [-0.2, 0) is 19.0 Å². The summed E-state index contributed by atoms with van der Waals surface area (Å²) < 4.78 is 15.8. The summed E-state index contributed by atoms with van der Waals surface area (Å²) in [5, 5.41) is 5.47. The van der Waals surface area contributed by atoms with E-state index in [2.05, 4.69) is 34.9 Å². The first kappa shape index (κ1) is 23.7. The second kappa shape index (κ2) is 12.8. The first-order chi connectivity index (χ1) is 15.7. The van der Waals surface area contributed by atoms with Crippen molar-refractivity contribution >= 4 is 12.0 Å². The first-order valence-electron chi connectivity index (χ1n) is 10.9. The minimum Gasteiger partial charge on any atom is -0.449 e. The number of rotatable bonds is 13. The molecule has 0 unspecified atom stereocenters. The lowest BCUT2D eigenvalue weighted by Crippen LogP contribution is -2.32. The largest absolute Gasteiger partial charge is 0.449 e. The van der Waals surface area contributed by atoms with Crippen LogP contribution in [0.4, 0.5) is 4.79 Å². The zero-order valence-electron chi connectivity index (χ0n) is 18.2. The smallest absolute Gasteiger partial charge is 0.407 e. The van der Waals surface area contributed by atoms with E-state index in [0.717, 1.165) is 0 Å². The number of nitrogens with one attached hydrogen (secondary N) is 2. The van der Waals surface area contributed by atoms with Crippen molar-refractivity contribution in [1.29, 1.82) is 0 Å². The summed E-state index contributed by atoms with van der Waals surface area (Å²) >= 11 is 0. The van der Waals surface area contributed by atoms with Crippen LogP contribution in [0.1, 0.15) is 23.5 Å². The molecule has 0 atom stereocenters. The van der Waals surface area contributed by atoms with Gasteiger partial charge in [-0.2, -0.15) is 0 Å². The summed E-state index contributed by atoms with van der Waals surface area (Å²) in [5.74, 6) is -0.168. The van der Waals surface area contributed by atoms with E-state index in [1.54, 1.807) is 0 Å². The van der Waals surface area contributed by atoms with Gasteiger partial charge in [0.1, 0.15) is 13.2 Å². The van der Waals surface area contributed by atoms with Crippen molar-refractivity contribution in [2.75, 3.05) is 52.7 Å². The van der Waals surface area contributed by atoms with Gasteiger partial charge < -0.3 is 30.6 Å². The summed E-state index contributed by atoms with van der Waals surface area (Å²) in [4.78, 5) is 23.8. The molecule has 8 heteroatoms. The van der Waals surface area contributed by atoms with Crippen LogP contribution in [0.2, 0.25) is 0 Å². The van der Waals surface area contributed by atoms with Crippen LogP contribution in [0.25, 0.3) is 11.1 Å². The number of benzene rings is 2. The molecule has 3 rings (SSSR count). The molecule has 2 amide bonds. The van der Waals surface area contributed by atoms with Gasteiger partial charge in [0, 0.05) is 25.6 Å². The standard InChI is InChI=1S/C24H31N3O5/c25-10-13-30-14-15-31-17-23(28)26-11-5-12-27-24(29)32-16-22-20-8-3-1-6-18(20)19-7-2-4-9-21(19)22/h1-4,6-9,22H,5,10-17,25H2,(H,26,28)(H,27,29). The zero-order chi connectivity index (χ0) is 22.6. The van der Waals surface area contributed by atoms with Gasteiger partial charge in [0.25, 0.3) is 0 Å². The molecular weight excluding hydrogens is 410 g/mol. The molecule has 0 bridgehead atoms. The van der Waals surface area contributed by atoms with Crippen molar-refractivity contribution < 1.29 is 23.8 Å². The minimum absolute atomic E-state index is 0.0220. The molecule has 2 aromatic carbocycles. The molecular formula is C24H31N3O5. The normalized spacial score (nSPS) is 12.2.